The van der Waals surface area contributed by atoms with Gasteiger partial charge in [-0.2, -0.15) is 0 Å². The van der Waals surface area contributed by atoms with Gasteiger partial charge >= 0.3 is 0 Å². The van der Waals surface area contributed by atoms with Crippen LogP contribution in [-0.2, 0) is 0 Å². The first-order valence-corrected chi connectivity index (χ1v) is 6.48. The van der Waals surface area contributed by atoms with Gasteiger partial charge in [0.05, 0.1) is 0 Å². The molecule has 0 aromatic heterocycles. The summed E-state index contributed by atoms with van der Waals surface area (Å²) in [5.41, 5.74) is 2.70. The van der Waals surface area contributed by atoms with Crippen LogP contribution in [0.2, 0.25) is 0 Å². The van der Waals surface area contributed by atoms with E-state index < -0.39 is 0 Å². The smallest absolute Gasteiger partial charge is 0.0367 e. The number of nitrogens with one attached hydrogen (secondary N) is 1. The van der Waals surface area contributed by atoms with Gasteiger partial charge in [0.1, 0.15) is 0 Å². The molecule has 0 bridgehead atoms. The highest BCUT2D eigenvalue weighted by molar-refractivity contribution is 5.47. The molecule has 94 valence electrons. The number of piperazine rings is 1. The highest BCUT2D eigenvalue weighted by Crippen LogP contribution is 2.16. The molecule has 1 aliphatic rings. The summed E-state index contributed by atoms with van der Waals surface area (Å²) < 4.78 is 0. The standard InChI is InChI=1S/C14H23N3/c1-13-3-5-14(6-4-13)17-11-9-16(10-12-17)8-7-15-2/h3-6,15H,7-12H2,1-2H3. The van der Waals surface area contributed by atoms with Crippen molar-refractivity contribution in [3.05, 3.63) is 29.8 Å². The first-order chi connectivity index (χ1) is 8.29. The van der Waals surface area contributed by atoms with Gasteiger partial charge in [-0.05, 0) is 26.1 Å². The number of nitrogens with zero attached hydrogens (tertiary/aromatic N) is 2. The van der Waals surface area contributed by atoms with Crippen LogP contribution in [0.5, 0.6) is 0 Å². The summed E-state index contributed by atoms with van der Waals surface area (Å²) >= 11 is 0. The van der Waals surface area contributed by atoms with E-state index in [-0.39, 0.29) is 0 Å². The zero-order chi connectivity index (χ0) is 12.1. The SMILES string of the molecule is CNCCN1CCN(c2ccc(C)cc2)CC1. The highest BCUT2D eigenvalue weighted by atomic mass is 15.3. The average Bonchev–Trinajstić information content (AvgIpc) is 2.38. The van der Waals surface area contributed by atoms with Crippen molar-refractivity contribution in [1.82, 2.24) is 10.2 Å². The molecule has 0 aliphatic carbocycles. The summed E-state index contributed by atoms with van der Waals surface area (Å²) in [6, 6.07) is 8.86. The van der Waals surface area contributed by atoms with Gasteiger partial charge in [-0.25, -0.2) is 0 Å². The van der Waals surface area contributed by atoms with E-state index in [1.165, 1.54) is 24.3 Å². The summed E-state index contributed by atoms with van der Waals surface area (Å²) in [7, 11) is 2.02. The van der Waals surface area contributed by atoms with Crippen LogP contribution < -0.4 is 10.2 Å². The number of anilines is 1. The van der Waals surface area contributed by atoms with Gasteiger partial charge in [-0.3, -0.25) is 4.90 Å². The molecule has 1 aromatic carbocycles. The van der Waals surface area contributed by atoms with Crippen LogP contribution in [0.4, 0.5) is 5.69 Å². The quantitative estimate of drug-likeness (QED) is 0.846. The Morgan fingerprint density at radius 2 is 1.71 bits per heavy atom. The van der Waals surface area contributed by atoms with E-state index in [2.05, 4.69) is 46.3 Å². The van der Waals surface area contributed by atoms with Crippen LogP contribution in [0.15, 0.2) is 24.3 Å². The molecule has 1 saturated heterocycles. The first kappa shape index (κ1) is 12.4. The Bertz CT molecular complexity index is 326. The zero-order valence-electron chi connectivity index (χ0n) is 10.9. The third-order valence-corrected chi connectivity index (χ3v) is 3.45. The van der Waals surface area contributed by atoms with E-state index in [0.29, 0.717) is 0 Å². The first-order valence-electron chi connectivity index (χ1n) is 6.48. The van der Waals surface area contributed by atoms with Gasteiger partial charge in [-0.1, -0.05) is 17.7 Å². The Balaban J connectivity index is 1.84. The second kappa shape index (κ2) is 6.03. The topological polar surface area (TPSA) is 18.5 Å². The lowest BCUT2D eigenvalue weighted by atomic mass is 10.2. The second-order valence-electron chi connectivity index (χ2n) is 4.77. The zero-order valence-corrected chi connectivity index (χ0v) is 10.9. The van der Waals surface area contributed by atoms with Gasteiger partial charge in [0.15, 0.2) is 0 Å². The predicted octanol–water partition coefficient (Wildman–Crippen LogP) is 1.34. The molecule has 3 heteroatoms. The number of hydrogen-bond acceptors (Lipinski definition) is 3. The molecule has 0 amide bonds. The van der Waals surface area contributed by atoms with Crippen LogP contribution in [0.1, 0.15) is 5.56 Å². The Hall–Kier alpha value is -1.06. The monoisotopic (exact) mass is 233 g/mol. The largest absolute Gasteiger partial charge is 0.369 e. The normalized spacial score (nSPS) is 17.4. The fourth-order valence-electron chi connectivity index (χ4n) is 2.26. The molecular weight excluding hydrogens is 210 g/mol. The number of likely N-dealkylation sites (N-methyl/N-ethyl adjacent to an activating group) is 1. The van der Waals surface area contributed by atoms with Gasteiger partial charge in [-0.15, -0.1) is 0 Å². The molecule has 17 heavy (non-hydrogen) atoms. The molecule has 1 fully saturated rings. The maximum absolute atomic E-state index is 3.21. The van der Waals surface area contributed by atoms with E-state index in [4.69, 9.17) is 0 Å². The van der Waals surface area contributed by atoms with Crippen LogP contribution >= 0.6 is 0 Å². The van der Waals surface area contributed by atoms with Crippen molar-refractivity contribution in [3.8, 4) is 0 Å². The van der Waals surface area contributed by atoms with Crippen molar-refractivity contribution in [2.75, 3.05) is 51.2 Å². The van der Waals surface area contributed by atoms with Crippen molar-refractivity contribution < 1.29 is 0 Å². The molecule has 1 heterocycles. The maximum Gasteiger partial charge on any atom is 0.0367 e. The van der Waals surface area contributed by atoms with Crippen LogP contribution in [0, 0.1) is 6.92 Å². The average molecular weight is 233 g/mol. The number of rotatable bonds is 4. The lowest BCUT2D eigenvalue weighted by Crippen LogP contribution is -2.48. The molecule has 1 aliphatic heterocycles. The van der Waals surface area contributed by atoms with E-state index >= 15 is 0 Å². The molecular formula is C14H23N3. The van der Waals surface area contributed by atoms with Crippen molar-refractivity contribution >= 4 is 5.69 Å². The van der Waals surface area contributed by atoms with E-state index in [1.807, 2.05) is 7.05 Å². The summed E-state index contributed by atoms with van der Waals surface area (Å²) in [5, 5.41) is 3.21. The maximum atomic E-state index is 3.21. The van der Waals surface area contributed by atoms with Crippen molar-refractivity contribution in [1.29, 1.82) is 0 Å². The molecule has 0 radical (unpaired) electrons. The Morgan fingerprint density at radius 3 is 2.29 bits per heavy atom. The fourth-order valence-corrected chi connectivity index (χ4v) is 2.26. The van der Waals surface area contributed by atoms with Crippen molar-refractivity contribution in [2.24, 2.45) is 0 Å². The van der Waals surface area contributed by atoms with Gasteiger partial charge in [0.2, 0.25) is 0 Å². The highest BCUT2D eigenvalue weighted by Gasteiger charge is 2.16. The van der Waals surface area contributed by atoms with Gasteiger partial charge in [0.25, 0.3) is 0 Å². The van der Waals surface area contributed by atoms with Crippen molar-refractivity contribution in [2.45, 2.75) is 6.92 Å². The lowest BCUT2D eigenvalue weighted by Gasteiger charge is -2.36. The summed E-state index contributed by atoms with van der Waals surface area (Å²) in [4.78, 5) is 5.01. The molecule has 0 unspecified atom stereocenters. The van der Waals surface area contributed by atoms with E-state index in [1.54, 1.807) is 0 Å². The van der Waals surface area contributed by atoms with Crippen LogP contribution in [0.25, 0.3) is 0 Å². The minimum Gasteiger partial charge on any atom is -0.369 e. The van der Waals surface area contributed by atoms with Gasteiger partial charge in [0, 0.05) is 45.0 Å². The number of benzene rings is 1. The minimum absolute atomic E-state index is 1.09. The molecule has 0 saturated carbocycles. The molecule has 2 rings (SSSR count). The number of aryl methyl sites for hydroxylation is 1. The Morgan fingerprint density at radius 1 is 1.06 bits per heavy atom. The summed E-state index contributed by atoms with van der Waals surface area (Å²) in [6.07, 6.45) is 0. The Labute approximate surface area is 104 Å². The third-order valence-electron chi connectivity index (χ3n) is 3.45. The Kier molecular flexibility index (Phi) is 4.40. The van der Waals surface area contributed by atoms with Crippen LogP contribution in [0.3, 0.4) is 0 Å². The van der Waals surface area contributed by atoms with Crippen molar-refractivity contribution in [3.63, 3.8) is 0 Å². The third kappa shape index (κ3) is 3.45. The second-order valence-corrected chi connectivity index (χ2v) is 4.77. The fraction of sp³-hybridized carbons (Fsp3) is 0.571. The minimum atomic E-state index is 1.09. The molecule has 1 aromatic rings. The van der Waals surface area contributed by atoms with Crippen LogP contribution in [-0.4, -0.2) is 51.2 Å². The number of hydrogen-bond donors (Lipinski definition) is 1. The lowest BCUT2D eigenvalue weighted by molar-refractivity contribution is 0.260. The predicted molar refractivity (Wildman–Crippen MR) is 73.8 cm³/mol. The molecule has 1 N–H and O–H groups in total. The van der Waals surface area contributed by atoms with E-state index in [0.717, 1.165) is 26.2 Å². The van der Waals surface area contributed by atoms with Gasteiger partial charge < -0.3 is 10.2 Å². The summed E-state index contributed by atoms with van der Waals surface area (Å²) in [6.45, 7) is 9.03. The molecule has 3 nitrogen and oxygen atoms in total. The molecule has 0 atom stereocenters. The molecule has 0 spiro atoms. The summed E-state index contributed by atoms with van der Waals surface area (Å²) in [5.74, 6) is 0. The van der Waals surface area contributed by atoms with E-state index in [9.17, 15) is 0 Å².